The van der Waals surface area contributed by atoms with E-state index in [1.807, 2.05) is 22.9 Å². The molecule has 0 amide bonds. The number of piperidine rings is 1. The molecule has 1 aromatic rings. The fraction of sp³-hybridized carbons (Fsp3) is 0.400. The van der Waals surface area contributed by atoms with Crippen LogP contribution in [-0.2, 0) is 0 Å². The average Bonchev–Trinajstić information content (AvgIpc) is 2.87. The number of halogens is 1. The lowest BCUT2D eigenvalue weighted by molar-refractivity contribution is 0.439. The Balaban J connectivity index is 1.86. The molecule has 4 rings (SSSR count). The number of aromatic nitrogens is 2. The Morgan fingerprint density at radius 3 is 2.95 bits per heavy atom. The Morgan fingerprint density at radius 2 is 2.14 bits per heavy atom. The van der Waals surface area contributed by atoms with Crippen LogP contribution in [0.4, 0.5) is 0 Å². The molecule has 3 aliphatic rings. The molecule has 1 fully saturated rings. The summed E-state index contributed by atoms with van der Waals surface area (Å²) in [5, 5.41) is 8.65. The van der Waals surface area contributed by atoms with Crippen molar-refractivity contribution in [1.82, 2.24) is 15.0 Å². The highest BCUT2D eigenvalue weighted by molar-refractivity contribution is 6.33. The maximum Gasteiger partial charge on any atom is 0.273 e. The number of fused-ring (bicyclic) bond motifs is 3. The minimum Gasteiger partial charge on any atom is -0.317 e. The van der Waals surface area contributed by atoms with E-state index >= 15 is 0 Å². The molecule has 1 aliphatic carbocycles. The smallest absolute Gasteiger partial charge is 0.273 e. The second-order valence-corrected chi connectivity index (χ2v) is 6.02. The highest BCUT2D eigenvalue weighted by Crippen LogP contribution is 2.37. The van der Waals surface area contributed by atoms with Crippen molar-refractivity contribution in [2.45, 2.75) is 24.7 Å². The lowest BCUT2D eigenvalue weighted by Gasteiger charge is -2.24. The number of rotatable bonds is 1. The summed E-state index contributed by atoms with van der Waals surface area (Å²) < 4.78 is 1.84. The van der Waals surface area contributed by atoms with Gasteiger partial charge < -0.3 is 5.32 Å². The van der Waals surface area contributed by atoms with Crippen LogP contribution in [0.2, 0.25) is 0 Å². The molecule has 6 heteroatoms. The van der Waals surface area contributed by atoms with Gasteiger partial charge in [-0.15, -0.1) is 0 Å². The zero-order valence-electron chi connectivity index (χ0n) is 11.4. The van der Waals surface area contributed by atoms with E-state index < -0.39 is 0 Å². The summed E-state index contributed by atoms with van der Waals surface area (Å²) in [5.41, 5.74) is 1.62. The van der Waals surface area contributed by atoms with Gasteiger partial charge in [-0.3, -0.25) is 4.79 Å². The van der Waals surface area contributed by atoms with Crippen LogP contribution in [0.3, 0.4) is 0 Å². The van der Waals surface area contributed by atoms with E-state index in [1.165, 1.54) is 0 Å². The van der Waals surface area contributed by atoms with E-state index in [0.29, 0.717) is 16.8 Å². The largest absolute Gasteiger partial charge is 0.317 e. The molecule has 3 heterocycles. The van der Waals surface area contributed by atoms with E-state index in [1.54, 1.807) is 6.07 Å². The molecule has 5 nitrogen and oxygen atoms in total. The van der Waals surface area contributed by atoms with Crippen molar-refractivity contribution in [3.63, 3.8) is 0 Å². The van der Waals surface area contributed by atoms with Crippen LogP contribution < -0.4 is 10.9 Å². The first-order valence-corrected chi connectivity index (χ1v) is 7.59. The predicted molar refractivity (Wildman–Crippen MR) is 82.0 cm³/mol. The Hall–Kier alpha value is -1.72. The molecule has 0 aromatic carbocycles. The van der Waals surface area contributed by atoms with Gasteiger partial charge in [-0.25, -0.2) is 4.68 Å². The first-order chi connectivity index (χ1) is 10.2. The van der Waals surface area contributed by atoms with Crippen molar-refractivity contribution in [2.24, 2.45) is 5.10 Å². The minimum absolute atomic E-state index is 0.189. The topological polar surface area (TPSA) is 59.3 Å². The summed E-state index contributed by atoms with van der Waals surface area (Å²) in [4.78, 5) is 16.2. The van der Waals surface area contributed by atoms with Crippen molar-refractivity contribution >= 4 is 17.3 Å². The molecular weight excluding hydrogens is 288 g/mol. The van der Waals surface area contributed by atoms with Gasteiger partial charge in [0.1, 0.15) is 5.82 Å². The van der Waals surface area contributed by atoms with Crippen molar-refractivity contribution < 1.29 is 0 Å². The van der Waals surface area contributed by atoms with Crippen molar-refractivity contribution in [3.05, 3.63) is 51.2 Å². The molecule has 1 N–H and O–H groups in total. The van der Waals surface area contributed by atoms with Gasteiger partial charge in [0.05, 0.1) is 17.3 Å². The zero-order chi connectivity index (χ0) is 14.4. The summed E-state index contributed by atoms with van der Waals surface area (Å²) in [5.74, 6) is 0.805. The molecule has 0 bridgehead atoms. The van der Waals surface area contributed by atoms with Gasteiger partial charge in [-0.2, -0.15) is 10.1 Å². The average molecular weight is 303 g/mol. The SMILES string of the molecule is O=c1cc(C2CCNCC2)n2c(n1)C1C(Cl)=CC=CC1=N2. The van der Waals surface area contributed by atoms with Crippen LogP contribution in [0.5, 0.6) is 0 Å². The molecule has 1 unspecified atom stereocenters. The molecule has 1 aromatic heterocycles. The van der Waals surface area contributed by atoms with E-state index in [-0.39, 0.29) is 11.5 Å². The maximum atomic E-state index is 12.0. The van der Waals surface area contributed by atoms with Crippen molar-refractivity contribution in [3.8, 4) is 0 Å². The first kappa shape index (κ1) is 13.0. The Labute approximate surface area is 127 Å². The summed E-state index contributed by atoms with van der Waals surface area (Å²) in [6.45, 7) is 1.94. The normalized spacial score (nSPS) is 24.3. The second kappa shape index (κ2) is 4.93. The van der Waals surface area contributed by atoms with Crippen LogP contribution >= 0.6 is 11.6 Å². The van der Waals surface area contributed by atoms with Gasteiger partial charge in [0.2, 0.25) is 0 Å². The molecule has 21 heavy (non-hydrogen) atoms. The number of hydrogen-bond acceptors (Lipinski definition) is 4. The lowest BCUT2D eigenvalue weighted by Crippen LogP contribution is -2.29. The molecule has 1 atom stereocenters. The number of allylic oxidation sites excluding steroid dienone is 4. The predicted octanol–water partition coefficient (Wildman–Crippen LogP) is 1.70. The fourth-order valence-corrected chi connectivity index (χ4v) is 3.53. The van der Waals surface area contributed by atoms with Gasteiger partial charge >= 0.3 is 0 Å². The van der Waals surface area contributed by atoms with Gasteiger partial charge in [-0.05, 0) is 38.1 Å². The molecular formula is C15H15ClN4O. The minimum atomic E-state index is -0.203. The highest BCUT2D eigenvalue weighted by Gasteiger charge is 2.34. The molecule has 0 radical (unpaired) electrons. The number of nitrogens with zero attached hydrogens (tertiary/aromatic N) is 3. The van der Waals surface area contributed by atoms with Crippen molar-refractivity contribution in [1.29, 1.82) is 0 Å². The molecule has 108 valence electrons. The van der Waals surface area contributed by atoms with Crippen LogP contribution in [0.15, 0.2) is 39.2 Å². The summed E-state index contributed by atoms with van der Waals surface area (Å²) in [7, 11) is 0. The summed E-state index contributed by atoms with van der Waals surface area (Å²) in [6.07, 6.45) is 7.67. The molecule has 1 saturated heterocycles. The Morgan fingerprint density at radius 1 is 1.33 bits per heavy atom. The van der Waals surface area contributed by atoms with E-state index in [4.69, 9.17) is 11.6 Å². The number of nitrogens with one attached hydrogen (secondary N) is 1. The monoisotopic (exact) mass is 302 g/mol. The van der Waals surface area contributed by atoms with E-state index in [2.05, 4.69) is 15.4 Å². The van der Waals surface area contributed by atoms with Gasteiger partial charge in [0.15, 0.2) is 0 Å². The summed E-state index contributed by atoms with van der Waals surface area (Å²) in [6, 6.07) is 1.63. The van der Waals surface area contributed by atoms with Crippen LogP contribution in [-0.4, -0.2) is 28.5 Å². The first-order valence-electron chi connectivity index (χ1n) is 7.21. The Kier molecular flexibility index (Phi) is 3.05. The molecule has 2 aliphatic heterocycles. The standard InChI is InChI=1S/C15H15ClN4O/c16-10-2-1-3-11-14(10)15-18-13(21)8-12(20(15)19-11)9-4-6-17-7-5-9/h1-3,8-9,14,17H,4-7H2. The number of hydrogen-bond donors (Lipinski definition) is 1. The Bertz CT molecular complexity index is 741. The molecule has 0 spiro atoms. The van der Waals surface area contributed by atoms with Crippen LogP contribution in [0, 0.1) is 0 Å². The van der Waals surface area contributed by atoms with E-state index in [9.17, 15) is 4.79 Å². The quantitative estimate of drug-likeness (QED) is 0.859. The van der Waals surface area contributed by atoms with Gasteiger partial charge in [0.25, 0.3) is 5.56 Å². The molecule has 0 saturated carbocycles. The third kappa shape index (κ3) is 2.08. The zero-order valence-corrected chi connectivity index (χ0v) is 12.2. The van der Waals surface area contributed by atoms with Gasteiger partial charge in [-0.1, -0.05) is 17.7 Å². The fourth-order valence-electron chi connectivity index (χ4n) is 3.25. The van der Waals surface area contributed by atoms with Crippen LogP contribution in [0.25, 0.3) is 0 Å². The third-order valence-electron chi connectivity index (χ3n) is 4.28. The van der Waals surface area contributed by atoms with Gasteiger partial charge in [0, 0.05) is 17.0 Å². The highest BCUT2D eigenvalue weighted by atomic mass is 35.5. The lowest BCUT2D eigenvalue weighted by atomic mass is 9.93. The summed E-state index contributed by atoms with van der Waals surface area (Å²) >= 11 is 6.30. The maximum absolute atomic E-state index is 12.0. The van der Waals surface area contributed by atoms with Crippen molar-refractivity contribution in [2.75, 3.05) is 13.1 Å². The van der Waals surface area contributed by atoms with Crippen LogP contribution in [0.1, 0.15) is 36.2 Å². The van der Waals surface area contributed by atoms with E-state index in [0.717, 1.165) is 37.3 Å². The second-order valence-electron chi connectivity index (χ2n) is 5.58. The third-order valence-corrected chi connectivity index (χ3v) is 4.63.